The van der Waals surface area contributed by atoms with Gasteiger partial charge in [-0.15, -0.1) is 0 Å². The smallest absolute Gasteiger partial charge is 0.410 e. The maximum absolute atomic E-state index is 13.1. The highest BCUT2D eigenvalue weighted by atomic mass is 32.2. The molecule has 33 heavy (non-hydrogen) atoms. The molecule has 5 nitrogen and oxygen atoms in total. The Balaban J connectivity index is 1.95. The summed E-state index contributed by atoms with van der Waals surface area (Å²) >= 11 is -1.39. The summed E-state index contributed by atoms with van der Waals surface area (Å²) in [5, 5.41) is 0. The van der Waals surface area contributed by atoms with Gasteiger partial charge in [-0.05, 0) is 77.5 Å². The molecule has 0 aromatic heterocycles. The fraction of sp³-hybridized carbons (Fsp3) is 0.481. The average Bonchev–Trinajstić information content (AvgIpc) is 2.74. The van der Waals surface area contributed by atoms with Crippen molar-refractivity contribution in [3.8, 4) is 11.1 Å². The van der Waals surface area contributed by atoms with Gasteiger partial charge in [0, 0.05) is 6.54 Å². The minimum Gasteiger partial charge on any atom is -0.591 e. The van der Waals surface area contributed by atoms with Gasteiger partial charge in [0.2, 0.25) is 0 Å². The third-order valence-electron chi connectivity index (χ3n) is 5.41. The number of carbonyl (C=O) groups excluding carboxylic acids is 1. The summed E-state index contributed by atoms with van der Waals surface area (Å²) in [4.78, 5) is 14.9. The lowest BCUT2D eigenvalue weighted by Gasteiger charge is -2.37. The first-order valence-corrected chi connectivity index (χ1v) is 12.7. The Morgan fingerprint density at radius 1 is 1.06 bits per heavy atom. The summed E-state index contributed by atoms with van der Waals surface area (Å²) < 4.78 is 22.8. The van der Waals surface area contributed by atoms with Crippen molar-refractivity contribution in [2.24, 2.45) is 4.40 Å². The van der Waals surface area contributed by atoms with E-state index in [0.717, 1.165) is 35.2 Å². The number of hydrogen-bond donors (Lipinski definition) is 0. The van der Waals surface area contributed by atoms with Crippen LogP contribution in [0.15, 0.2) is 59.0 Å². The fourth-order valence-electron chi connectivity index (χ4n) is 3.78. The van der Waals surface area contributed by atoms with Gasteiger partial charge in [0.05, 0.1) is 11.8 Å². The van der Waals surface area contributed by atoms with Crippen LogP contribution in [0.25, 0.3) is 11.1 Å². The molecule has 0 radical (unpaired) electrons. The monoisotopic (exact) mass is 468 g/mol. The lowest BCUT2D eigenvalue weighted by Crippen LogP contribution is -2.52. The van der Waals surface area contributed by atoms with E-state index in [4.69, 9.17) is 4.74 Å². The molecule has 2 unspecified atom stereocenters. The SMILES string of the molecule is CC(C)(C)OC(=O)N1CCCC(=N[S+]([O-])C(C)(C)C)C1Cc1cccc(-c2ccccc2)c1. The number of hydrogen-bond acceptors (Lipinski definition) is 4. The van der Waals surface area contributed by atoms with E-state index in [1.165, 1.54) is 0 Å². The van der Waals surface area contributed by atoms with Gasteiger partial charge in [0.1, 0.15) is 21.7 Å². The van der Waals surface area contributed by atoms with Crippen LogP contribution in [0.5, 0.6) is 0 Å². The number of carbonyl (C=O) groups is 1. The standard InChI is InChI=1S/C27H36N2O3S/c1-26(2,3)32-25(30)29-17-11-16-23(28-33(31)27(4,5)6)24(29)19-20-12-10-15-22(18-20)21-13-8-7-9-14-21/h7-10,12-15,18,24H,11,16-17,19H2,1-6H3. The molecule has 1 heterocycles. The van der Waals surface area contributed by atoms with Gasteiger partial charge in [-0.2, -0.15) is 0 Å². The van der Waals surface area contributed by atoms with Crippen molar-refractivity contribution >= 4 is 23.2 Å². The van der Waals surface area contributed by atoms with Gasteiger partial charge in [0.15, 0.2) is 0 Å². The number of likely N-dealkylation sites (tertiary alicyclic amines) is 1. The van der Waals surface area contributed by atoms with Gasteiger partial charge in [0.25, 0.3) is 0 Å². The molecule has 0 saturated carbocycles. The van der Waals surface area contributed by atoms with Crippen LogP contribution in [0, 0.1) is 0 Å². The zero-order valence-corrected chi connectivity index (χ0v) is 21.4. The van der Waals surface area contributed by atoms with Crippen LogP contribution in [0.3, 0.4) is 0 Å². The largest absolute Gasteiger partial charge is 0.591 e. The molecular weight excluding hydrogens is 432 g/mol. The Morgan fingerprint density at radius 2 is 1.73 bits per heavy atom. The molecule has 1 aliphatic heterocycles. The Morgan fingerprint density at radius 3 is 2.36 bits per heavy atom. The summed E-state index contributed by atoms with van der Waals surface area (Å²) in [5.41, 5.74) is 3.61. The predicted molar refractivity (Wildman–Crippen MR) is 137 cm³/mol. The van der Waals surface area contributed by atoms with E-state index in [1.54, 1.807) is 4.90 Å². The van der Waals surface area contributed by atoms with Crippen LogP contribution in [-0.4, -0.2) is 44.2 Å². The van der Waals surface area contributed by atoms with E-state index in [-0.39, 0.29) is 12.1 Å². The molecule has 1 saturated heterocycles. The Hall–Kier alpha value is -2.31. The molecule has 0 spiro atoms. The summed E-state index contributed by atoms with van der Waals surface area (Å²) in [5.74, 6) is 0. The first kappa shape index (κ1) is 25.3. The zero-order chi connectivity index (χ0) is 24.2. The van der Waals surface area contributed by atoms with E-state index in [0.29, 0.717) is 13.0 Å². The summed E-state index contributed by atoms with van der Waals surface area (Å²) in [6.07, 6.45) is 1.75. The zero-order valence-electron chi connectivity index (χ0n) is 20.6. The highest BCUT2D eigenvalue weighted by Crippen LogP contribution is 2.27. The van der Waals surface area contributed by atoms with Gasteiger partial charge >= 0.3 is 6.09 Å². The third kappa shape index (κ3) is 7.08. The molecule has 6 heteroatoms. The van der Waals surface area contributed by atoms with E-state index in [1.807, 2.05) is 65.8 Å². The minimum atomic E-state index is -1.39. The minimum absolute atomic E-state index is 0.286. The molecule has 3 rings (SSSR count). The summed E-state index contributed by atoms with van der Waals surface area (Å²) in [7, 11) is 0. The lowest BCUT2D eigenvalue weighted by atomic mass is 9.92. The molecule has 1 fully saturated rings. The molecule has 2 atom stereocenters. The number of piperidine rings is 1. The molecule has 1 amide bonds. The Labute approximate surface area is 201 Å². The molecule has 0 bridgehead atoms. The van der Waals surface area contributed by atoms with E-state index in [2.05, 4.69) is 34.7 Å². The number of rotatable bonds is 4. The quantitative estimate of drug-likeness (QED) is 0.502. The maximum atomic E-state index is 13.1. The molecule has 178 valence electrons. The Kier molecular flexibility index (Phi) is 7.91. The van der Waals surface area contributed by atoms with E-state index >= 15 is 0 Å². The number of amides is 1. The summed E-state index contributed by atoms with van der Waals surface area (Å²) in [6, 6.07) is 18.3. The van der Waals surface area contributed by atoms with Crippen molar-refractivity contribution in [1.29, 1.82) is 0 Å². The van der Waals surface area contributed by atoms with Crippen LogP contribution >= 0.6 is 0 Å². The van der Waals surface area contributed by atoms with Crippen LogP contribution in [-0.2, 0) is 22.5 Å². The third-order valence-corrected chi connectivity index (χ3v) is 6.86. The van der Waals surface area contributed by atoms with Gasteiger partial charge in [-0.3, -0.25) is 4.90 Å². The Bertz CT molecular complexity index is 977. The first-order valence-electron chi connectivity index (χ1n) is 11.6. The molecule has 1 aliphatic rings. The second-order valence-electron chi connectivity index (χ2n) is 10.5. The van der Waals surface area contributed by atoms with Gasteiger partial charge in [-0.1, -0.05) is 59.0 Å². The van der Waals surface area contributed by atoms with E-state index in [9.17, 15) is 9.35 Å². The number of nitrogens with zero attached hydrogens (tertiary/aromatic N) is 2. The van der Waals surface area contributed by atoms with Crippen LogP contribution in [0.2, 0.25) is 0 Å². The van der Waals surface area contributed by atoms with Crippen molar-refractivity contribution in [1.82, 2.24) is 4.90 Å². The molecule has 0 aliphatic carbocycles. The fourth-order valence-corrected chi connectivity index (χ4v) is 4.48. The van der Waals surface area contributed by atoms with Crippen molar-refractivity contribution < 1.29 is 14.1 Å². The van der Waals surface area contributed by atoms with Gasteiger partial charge < -0.3 is 9.29 Å². The van der Waals surface area contributed by atoms with Crippen molar-refractivity contribution in [2.45, 2.75) is 77.2 Å². The lowest BCUT2D eigenvalue weighted by molar-refractivity contribution is 0.0194. The number of benzene rings is 2. The van der Waals surface area contributed by atoms with Crippen molar-refractivity contribution in [2.75, 3.05) is 6.54 Å². The first-order chi connectivity index (χ1) is 15.4. The average molecular weight is 469 g/mol. The van der Waals surface area contributed by atoms with Gasteiger partial charge in [-0.25, -0.2) is 4.79 Å². The highest BCUT2D eigenvalue weighted by molar-refractivity contribution is 7.91. The normalized spacial score (nSPS) is 19.4. The second-order valence-corrected chi connectivity index (χ2v) is 12.4. The maximum Gasteiger partial charge on any atom is 0.410 e. The molecule has 0 N–H and O–H groups in total. The second kappa shape index (κ2) is 10.3. The molecule has 2 aromatic carbocycles. The predicted octanol–water partition coefficient (Wildman–Crippen LogP) is 6.20. The van der Waals surface area contributed by atoms with Crippen LogP contribution in [0.1, 0.15) is 59.9 Å². The highest BCUT2D eigenvalue weighted by Gasteiger charge is 2.37. The number of ether oxygens (including phenoxy) is 1. The van der Waals surface area contributed by atoms with E-state index < -0.39 is 21.7 Å². The van der Waals surface area contributed by atoms with Crippen molar-refractivity contribution in [3.05, 3.63) is 60.2 Å². The van der Waals surface area contributed by atoms with Crippen LogP contribution < -0.4 is 0 Å². The van der Waals surface area contributed by atoms with Crippen LogP contribution in [0.4, 0.5) is 4.79 Å². The molecule has 2 aromatic rings. The van der Waals surface area contributed by atoms with Crippen molar-refractivity contribution in [3.63, 3.8) is 0 Å². The summed E-state index contributed by atoms with van der Waals surface area (Å²) in [6.45, 7) is 12.0. The molecular formula is C27H36N2O3S. The topological polar surface area (TPSA) is 65.0 Å².